The van der Waals surface area contributed by atoms with Gasteiger partial charge in [-0.05, 0) is 18.8 Å². The van der Waals surface area contributed by atoms with Gasteiger partial charge in [-0.3, -0.25) is 4.74 Å². The molecule has 0 spiro atoms. The molecule has 0 aromatic rings. The first-order valence-electron chi connectivity index (χ1n) is 5.35. The molecule has 1 aliphatic carbocycles. The van der Waals surface area contributed by atoms with E-state index < -0.39 is 24.1 Å². The van der Waals surface area contributed by atoms with Gasteiger partial charge >= 0.3 is 6.36 Å². The highest BCUT2D eigenvalue weighted by molar-refractivity contribution is 5.00. The van der Waals surface area contributed by atoms with E-state index in [9.17, 15) is 18.3 Å². The largest absolute Gasteiger partial charge is 0.522 e. The third-order valence-electron chi connectivity index (χ3n) is 2.85. The fraction of sp³-hybridized carbons (Fsp3) is 1.00. The number of ether oxygens (including phenoxy) is 1. The van der Waals surface area contributed by atoms with E-state index in [0.717, 1.165) is 0 Å². The first-order valence-corrected chi connectivity index (χ1v) is 5.35. The van der Waals surface area contributed by atoms with Crippen molar-refractivity contribution in [3.8, 4) is 0 Å². The highest BCUT2D eigenvalue weighted by atomic mass is 19.4. The summed E-state index contributed by atoms with van der Waals surface area (Å²) in [5, 5.41) is 10.1. The second-order valence-corrected chi connectivity index (χ2v) is 4.93. The van der Waals surface area contributed by atoms with Crippen LogP contribution in [0.4, 0.5) is 13.2 Å². The Morgan fingerprint density at radius 3 is 2.50 bits per heavy atom. The molecule has 0 radical (unpaired) electrons. The summed E-state index contributed by atoms with van der Waals surface area (Å²) in [6, 6.07) is -0.651. The molecule has 0 heterocycles. The molecule has 0 aromatic carbocycles. The molecule has 0 unspecified atom stereocenters. The Hall–Kier alpha value is -0.330. The van der Waals surface area contributed by atoms with Crippen LogP contribution in [-0.4, -0.2) is 29.2 Å². The third-order valence-corrected chi connectivity index (χ3v) is 2.85. The van der Waals surface area contributed by atoms with Crippen molar-refractivity contribution in [2.24, 2.45) is 11.7 Å². The molecule has 0 aliphatic heterocycles. The van der Waals surface area contributed by atoms with Gasteiger partial charge in [0.25, 0.3) is 0 Å². The number of halogens is 3. The Morgan fingerprint density at radius 2 is 2.06 bits per heavy atom. The summed E-state index contributed by atoms with van der Waals surface area (Å²) in [5.74, 6) is 0.181. The topological polar surface area (TPSA) is 55.5 Å². The van der Waals surface area contributed by atoms with E-state index in [1.165, 1.54) is 0 Å². The molecule has 3 atom stereocenters. The van der Waals surface area contributed by atoms with Crippen LogP contribution < -0.4 is 5.73 Å². The molecular weight excluding hydrogens is 223 g/mol. The molecule has 6 heteroatoms. The maximum atomic E-state index is 12.0. The second kappa shape index (κ2) is 4.50. The minimum atomic E-state index is -4.66. The van der Waals surface area contributed by atoms with Crippen LogP contribution in [0, 0.1) is 5.92 Å². The minimum absolute atomic E-state index is 0.0444. The van der Waals surface area contributed by atoms with Gasteiger partial charge in [0.1, 0.15) is 0 Å². The van der Waals surface area contributed by atoms with Gasteiger partial charge in [-0.25, -0.2) is 0 Å². The number of alkyl halides is 3. The first-order chi connectivity index (χ1) is 7.12. The zero-order chi connectivity index (χ0) is 12.6. The molecule has 1 fully saturated rings. The highest BCUT2D eigenvalue weighted by Crippen LogP contribution is 2.38. The third kappa shape index (κ3) is 3.61. The van der Waals surface area contributed by atoms with Crippen LogP contribution in [0.1, 0.15) is 33.1 Å². The molecule has 3 nitrogen and oxygen atoms in total. The fourth-order valence-corrected chi connectivity index (χ4v) is 2.35. The van der Waals surface area contributed by atoms with Gasteiger partial charge in [0.2, 0.25) is 0 Å². The molecule has 96 valence electrons. The van der Waals surface area contributed by atoms with Crippen molar-refractivity contribution in [3.05, 3.63) is 0 Å². The molecule has 0 saturated heterocycles. The van der Waals surface area contributed by atoms with E-state index >= 15 is 0 Å². The lowest BCUT2D eigenvalue weighted by Gasteiger charge is -2.29. The lowest BCUT2D eigenvalue weighted by Crippen LogP contribution is -2.44. The van der Waals surface area contributed by atoms with Crippen molar-refractivity contribution in [2.75, 3.05) is 0 Å². The number of hydrogen-bond donors (Lipinski definition) is 2. The SMILES string of the molecule is CC(C)C[C@]1(O)C[C@@H](OC(F)(F)F)C[C@@H]1N. The summed E-state index contributed by atoms with van der Waals surface area (Å²) in [5.41, 5.74) is 4.44. The van der Waals surface area contributed by atoms with E-state index in [1.807, 2.05) is 13.8 Å². The van der Waals surface area contributed by atoms with Crippen molar-refractivity contribution >= 4 is 0 Å². The maximum absolute atomic E-state index is 12.0. The van der Waals surface area contributed by atoms with Gasteiger partial charge in [-0.1, -0.05) is 13.8 Å². The van der Waals surface area contributed by atoms with Crippen LogP contribution in [0.3, 0.4) is 0 Å². The predicted octanol–water partition coefficient (Wildman–Crippen LogP) is 1.79. The molecule has 16 heavy (non-hydrogen) atoms. The first kappa shape index (κ1) is 13.7. The normalized spacial score (nSPS) is 36.0. The zero-order valence-electron chi connectivity index (χ0n) is 9.42. The quantitative estimate of drug-likeness (QED) is 0.792. The lowest BCUT2D eigenvalue weighted by atomic mass is 9.88. The molecule has 0 bridgehead atoms. The fourth-order valence-electron chi connectivity index (χ4n) is 2.35. The van der Waals surface area contributed by atoms with Crippen molar-refractivity contribution in [1.82, 2.24) is 0 Å². The zero-order valence-corrected chi connectivity index (χ0v) is 9.42. The van der Waals surface area contributed by atoms with Crippen molar-refractivity contribution in [2.45, 2.75) is 57.2 Å². The van der Waals surface area contributed by atoms with Gasteiger partial charge < -0.3 is 10.8 Å². The van der Waals surface area contributed by atoms with Crippen molar-refractivity contribution < 1.29 is 23.0 Å². The van der Waals surface area contributed by atoms with E-state index in [2.05, 4.69) is 4.74 Å². The Bertz CT molecular complexity index is 245. The van der Waals surface area contributed by atoms with Crippen LogP contribution in [0.15, 0.2) is 0 Å². The Balaban J connectivity index is 2.59. The van der Waals surface area contributed by atoms with Crippen molar-refractivity contribution in [1.29, 1.82) is 0 Å². The number of aliphatic hydroxyl groups is 1. The molecule has 3 N–H and O–H groups in total. The van der Waals surface area contributed by atoms with E-state index in [-0.39, 0.29) is 18.8 Å². The van der Waals surface area contributed by atoms with E-state index in [0.29, 0.717) is 6.42 Å². The molecule has 1 saturated carbocycles. The monoisotopic (exact) mass is 241 g/mol. The van der Waals surface area contributed by atoms with E-state index in [1.54, 1.807) is 0 Å². The minimum Gasteiger partial charge on any atom is -0.388 e. The molecule has 0 amide bonds. The molecule has 0 aromatic heterocycles. The Kier molecular flexibility index (Phi) is 3.87. The van der Waals surface area contributed by atoms with Crippen molar-refractivity contribution in [3.63, 3.8) is 0 Å². The predicted molar refractivity (Wildman–Crippen MR) is 52.5 cm³/mol. The lowest BCUT2D eigenvalue weighted by molar-refractivity contribution is -0.342. The Morgan fingerprint density at radius 1 is 1.50 bits per heavy atom. The summed E-state index contributed by atoms with van der Waals surface area (Å²) < 4.78 is 39.9. The van der Waals surface area contributed by atoms with Gasteiger partial charge in [0.05, 0.1) is 11.7 Å². The van der Waals surface area contributed by atoms with E-state index in [4.69, 9.17) is 5.73 Å². The number of hydrogen-bond acceptors (Lipinski definition) is 3. The average molecular weight is 241 g/mol. The summed E-state index contributed by atoms with van der Waals surface area (Å²) in [6.07, 6.45) is -5.30. The molecule has 1 rings (SSSR count). The smallest absolute Gasteiger partial charge is 0.388 e. The standard InChI is InChI=1S/C10H18F3NO2/c1-6(2)4-9(15)5-7(3-8(9)14)16-10(11,12)13/h6-8,15H,3-5,14H2,1-2H3/t7-,8-,9-/m0/s1. The van der Waals surface area contributed by atoms with Gasteiger partial charge in [0.15, 0.2) is 0 Å². The molecule has 1 aliphatic rings. The highest BCUT2D eigenvalue weighted by Gasteiger charge is 2.48. The number of nitrogens with two attached hydrogens (primary N) is 1. The van der Waals surface area contributed by atoms with Crippen LogP contribution >= 0.6 is 0 Å². The average Bonchev–Trinajstić information content (AvgIpc) is 2.20. The van der Waals surface area contributed by atoms with Gasteiger partial charge in [-0.2, -0.15) is 0 Å². The van der Waals surface area contributed by atoms with Crippen LogP contribution in [-0.2, 0) is 4.74 Å². The summed E-state index contributed by atoms with van der Waals surface area (Å²) in [4.78, 5) is 0. The summed E-state index contributed by atoms with van der Waals surface area (Å²) >= 11 is 0. The maximum Gasteiger partial charge on any atom is 0.522 e. The number of rotatable bonds is 3. The second-order valence-electron chi connectivity index (χ2n) is 4.93. The van der Waals surface area contributed by atoms with Crippen LogP contribution in [0.2, 0.25) is 0 Å². The Labute approximate surface area is 92.8 Å². The van der Waals surface area contributed by atoms with Crippen LogP contribution in [0.25, 0.3) is 0 Å². The van der Waals surface area contributed by atoms with Gasteiger partial charge in [0, 0.05) is 12.5 Å². The van der Waals surface area contributed by atoms with Gasteiger partial charge in [-0.15, -0.1) is 13.2 Å². The summed E-state index contributed by atoms with van der Waals surface area (Å²) in [6.45, 7) is 3.78. The molecular formula is C10H18F3NO2. The summed E-state index contributed by atoms with van der Waals surface area (Å²) in [7, 11) is 0. The van der Waals surface area contributed by atoms with Crippen LogP contribution in [0.5, 0.6) is 0 Å².